The zero-order valence-corrected chi connectivity index (χ0v) is 12.1. The van der Waals surface area contributed by atoms with Crippen molar-refractivity contribution in [3.8, 4) is 6.07 Å². The lowest BCUT2D eigenvalue weighted by Gasteiger charge is -2.19. The largest absolute Gasteiger partial charge is 0.362 e. The zero-order valence-electron chi connectivity index (χ0n) is 12.1. The molecule has 0 aliphatic rings. The monoisotopic (exact) mass is 265 g/mol. The van der Waals surface area contributed by atoms with Crippen molar-refractivity contribution in [3.63, 3.8) is 0 Å². The van der Waals surface area contributed by atoms with Gasteiger partial charge in [-0.15, -0.1) is 0 Å². The third-order valence-electron chi connectivity index (χ3n) is 3.38. The van der Waals surface area contributed by atoms with Gasteiger partial charge >= 0.3 is 0 Å². The van der Waals surface area contributed by atoms with Crippen molar-refractivity contribution in [2.24, 2.45) is 0 Å². The molecule has 0 aliphatic carbocycles. The second-order valence-electron chi connectivity index (χ2n) is 4.93. The molecule has 2 rings (SSSR count). The van der Waals surface area contributed by atoms with Gasteiger partial charge in [0, 0.05) is 5.69 Å². The van der Waals surface area contributed by atoms with Crippen LogP contribution in [-0.2, 0) is 0 Å². The number of aromatic nitrogens is 1. The molecule has 1 aromatic heterocycles. The highest BCUT2D eigenvalue weighted by molar-refractivity contribution is 5.57. The van der Waals surface area contributed by atoms with Crippen molar-refractivity contribution >= 4 is 5.82 Å². The van der Waals surface area contributed by atoms with Crippen molar-refractivity contribution in [2.45, 2.75) is 33.2 Å². The summed E-state index contributed by atoms with van der Waals surface area (Å²) in [6.07, 6.45) is 0.934. The molecule has 20 heavy (non-hydrogen) atoms. The lowest BCUT2D eigenvalue weighted by molar-refractivity contribution is 0.743. The van der Waals surface area contributed by atoms with Crippen LogP contribution < -0.4 is 5.32 Å². The van der Waals surface area contributed by atoms with Crippen LogP contribution in [0, 0.1) is 25.2 Å². The number of hydrogen-bond donors (Lipinski definition) is 1. The number of benzene rings is 1. The average Bonchev–Trinajstić information content (AvgIpc) is 2.45. The molecule has 3 heteroatoms. The number of hydrogen-bond acceptors (Lipinski definition) is 3. The first-order valence-electron chi connectivity index (χ1n) is 6.85. The van der Waals surface area contributed by atoms with E-state index in [1.807, 2.05) is 38.1 Å². The molecule has 3 nitrogen and oxygen atoms in total. The molecule has 1 aromatic carbocycles. The second-order valence-corrected chi connectivity index (χ2v) is 4.93. The predicted molar refractivity (Wildman–Crippen MR) is 81.5 cm³/mol. The van der Waals surface area contributed by atoms with Crippen LogP contribution in [0.4, 0.5) is 5.82 Å². The molecule has 1 heterocycles. The third-order valence-corrected chi connectivity index (χ3v) is 3.38. The highest BCUT2D eigenvalue weighted by Crippen LogP contribution is 2.25. The van der Waals surface area contributed by atoms with E-state index in [0.29, 0.717) is 11.4 Å². The Morgan fingerprint density at radius 1 is 1.25 bits per heavy atom. The van der Waals surface area contributed by atoms with Gasteiger partial charge in [-0.05, 0) is 37.5 Å². The Labute approximate surface area is 120 Å². The Kier molecular flexibility index (Phi) is 4.37. The minimum atomic E-state index is 0.164. The van der Waals surface area contributed by atoms with Gasteiger partial charge in [-0.25, -0.2) is 4.98 Å². The molecule has 0 aliphatic heterocycles. The van der Waals surface area contributed by atoms with Gasteiger partial charge in [0.1, 0.15) is 11.9 Å². The molecular formula is C17H19N3. The SMILES string of the molecule is CCC(Nc1nc(C)cc(C)c1C#N)c1ccccc1. The molecule has 0 spiro atoms. The third kappa shape index (κ3) is 2.97. The molecule has 1 atom stereocenters. The highest BCUT2D eigenvalue weighted by Gasteiger charge is 2.14. The lowest BCUT2D eigenvalue weighted by Crippen LogP contribution is -2.13. The Bertz CT molecular complexity index is 627. The molecular weight excluding hydrogens is 246 g/mol. The molecule has 1 N–H and O–H groups in total. The van der Waals surface area contributed by atoms with Crippen LogP contribution in [0.15, 0.2) is 36.4 Å². The summed E-state index contributed by atoms with van der Waals surface area (Å²) in [6.45, 7) is 6.02. The number of aryl methyl sites for hydroxylation is 2. The van der Waals surface area contributed by atoms with E-state index in [0.717, 1.165) is 17.7 Å². The lowest BCUT2D eigenvalue weighted by atomic mass is 10.0. The molecule has 2 aromatic rings. The van der Waals surface area contributed by atoms with Gasteiger partial charge in [0.2, 0.25) is 0 Å². The summed E-state index contributed by atoms with van der Waals surface area (Å²) in [5, 5.41) is 12.7. The van der Waals surface area contributed by atoms with Crippen molar-refractivity contribution in [1.29, 1.82) is 5.26 Å². The van der Waals surface area contributed by atoms with Crippen LogP contribution in [0.1, 0.15) is 41.8 Å². The van der Waals surface area contributed by atoms with Crippen molar-refractivity contribution in [2.75, 3.05) is 5.32 Å². The van der Waals surface area contributed by atoms with E-state index in [9.17, 15) is 5.26 Å². The summed E-state index contributed by atoms with van der Waals surface area (Å²) < 4.78 is 0. The van der Waals surface area contributed by atoms with E-state index >= 15 is 0 Å². The Morgan fingerprint density at radius 2 is 1.95 bits per heavy atom. The molecule has 0 saturated heterocycles. The van der Waals surface area contributed by atoms with E-state index in [2.05, 4.69) is 35.4 Å². The van der Waals surface area contributed by atoms with E-state index < -0.39 is 0 Å². The smallest absolute Gasteiger partial charge is 0.144 e. The minimum Gasteiger partial charge on any atom is -0.362 e. The van der Waals surface area contributed by atoms with Crippen LogP contribution in [0.3, 0.4) is 0 Å². The average molecular weight is 265 g/mol. The van der Waals surface area contributed by atoms with Crippen molar-refractivity contribution < 1.29 is 0 Å². The number of pyridine rings is 1. The van der Waals surface area contributed by atoms with Gasteiger partial charge in [0.05, 0.1) is 11.6 Å². The quantitative estimate of drug-likeness (QED) is 0.904. The molecule has 0 fully saturated rings. The van der Waals surface area contributed by atoms with Gasteiger partial charge in [-0.3, -0.25) is 0 Å². The van der Waals surface area contributed by atoms with Crippen LogP contribution in [-0.4, -0.2) is 4.98 Å². The van der Waals surface area contributed by atoms with Gasteiger partial charge in [-0.2, -0.15) is 5.26 Å². The summed E-state index contributed by atoms with van der Waals surface area (Å²) in [5.74, 6) is 0.681. The molecule has 0 radical (unpaired) electrons. The van der Waals surface area contributed by atoms with E-state index in [1.54, 1.807) is 0 Å². The predicted octanol–water partition coefficient (Wildman–Crippen LogP) is 4.13. The van der Waals surface area contributed by atoms with Crippen LogP contribution >= 0.6 is 0 Å². The number of nitriles is 1. The summed E-state index contributed by atoms with van der Waals surface area (Å²) >= 11 is 0. The summed E-state index contributed by atoms with van der Waals surface area (Å²) in [7, 11) is 0. The Hall–Kier alpha value is -2.34. The fourth-order valence-corrected chi connectivity index (χ4v) is 2.35. The molecule has 0 saturated carbocycles. The van der Waals surface area contributed by atoms with Gasteiger partial charge < -0.3 is 5.32 Å². The topological polar surface area (TPSA) is 48.7 Å². The minimum absolute atomic E-state index is 0.164. The number of nitrogens with zero attached hydrogens (tertiary/aromatic N) is 2. The molecule has 1 unspecified atom stereocenters. The fourth-order valence-electron chi connectivity index (χ4n) is 2.35. The maximum Gasteiger partial charge on any atom is 0.144 e. The van der Waals surface area contributed by atoms with Gasteiger partial charge in [0.15, 0.2) is 0 Å². The first-order chi connectivity index (χ1) is 9.65. The van der Waals surface area contributed by atoms with E-state index in [1.165, 1.54) is 5.56 Å². The van der Waals surface area contributed by atoms with Crippen LogP contribution in [0.25, 0.3) is 0 Å². The van der Waals surface area contributed by atoms with Crippen molar-refractivity contribution in [1.82, 2.24) is 4.98 Å². The van der Waals surface area contributed by atoms with Crippen molar-refractivity contribution in [3.05, 3.63) is 58.8 Å². The highest BCUT2D eigenvalue weighted by atomic mass is 15.0. The number of nitrogens with one attached hydrogen (secondary N) is 1. The Balaban J connectivity index is 2.36. The second kappa shape index (κ2) is 6.21. The summed E-state index contributed by atoms with van der Waals surface area (Å²) in [4.78, 5) is 4.48. The molecule has 0 bridgehead atoms. The first kappa shape index (κ1) is 14.1. The first-order valence-corrected chi connectivity index (χ1v) is 6.85. The Morgan fingerprint density at radius 3 is 2.55 bits per heavy atom. The summed E-state index contributed by atoms with van der Waals surface area (Å²) in [6, 6.07) is 14.6. The number of anilines is 1. The van der Waals surface area contributed by atoms with Gasteiger partial charge in [-0.1, -0.05) is 37.3 Å². The maximum absolute atomic E-state index is 9.32. The zero-order chi connectivity index (χ0) is 14.5. The molecule has 0 amide bonds. The van der Waals surface area contributed by atoms with Crippen LogP contribution in [0.5, 0.6) is 0 Å². The summed E-state index contributed by atoms with van der Waals surface area (Å²) in [5.41, 5.74) is 3.72. The van der Waals surface area contributed by atoms with Gasteiger partial charge in [0.25, 0.3) is 0 Å². The van der Waals surface area contributed by atoms with E-state index in [4.69, 9.17) is 0 Å². The molecule has 102 valence electrons. The number of rotatable bonds is 4. The van der Waals surface area contributed by atoms with E-state index in [-0.39, 0.29) is 6.04 Å². The standard InChI is InChI=1S/C17H19N3/c1-4-16(14-8-6-5-7-9-14)20-17-15(11-18)12(2)10-13(3)19-17/h5-10,16H,4H2,1-3H3,(H,19,20). The maximum atomic E-state index is 9.32. The normalized spacial score (nSPS) is 11.7. The van der Waals surface area contributed by atoms with Crippen LogP contribution in [0.2, 0.25) is 0 Å². The fraction of sp³-hybridized carbons (Fsp3) is 0.294.